The van der Waals surface area contributed by atoms with Crippen molar-refractivity contribution in [3.8, 4) is 11.3 Å². The molecule has 2 aliphatic carbocycles. The maximum absolute atomic E-state index is 13.4. The second kappa shape index (κ2) is 10.2. The van der Waals surface area contributed by atoms with Gasteiger partial charge < -0.3 is 4.74 Å². The molecule has 1 aliphatic heterocycles. The van der Waals surface area contributed by atoms with Crippen molar-refractivity contribution in [1.82, 2.24) is 4.98 Å². The molecule has 3 aliphatic rings. The molecule has 2 heterocycles. The second-order valence-corrected chi connectivity index (χ2v) is 11.7. The SMILES string of the molecule is CC1=CC2CC1C1C(=O)N(c3ccc(-c4cc(C(=O)OCC(=O)c5ccc(F)cc5)c5cc(Cl)ccc5n4)cc3)C(=O)C21. The smallest absolute Gasteiger partial charge is 0.339 e. The number of allylic oxidation sites excluding steroid dienone is 2. The lowest BCUT2D eigenvalue weighted by atomic mass is 9.82. The molecule has 4 unspecified atom stereocenters. The van der Waals surface area contributed by atoms with Gasteiger partial charge in [0.1, 0.15) is 5.82 Å². The number of nitrogens with zero attached hydrogens (tertiary/aromatic N) is 2. The Bertz CT molecular complexity index is 1890. The third-order valence-corrected chi connectivity index (χ3v) is 9.03. The minimum absolute atomic E-state index is 0.121. The van der Waals surface area contributed by atoms with Crippen molar-refractivity contribution in [1.29, 1.82) is 0 Å². The summed E-state index contributed by atoms with van der Waals surface area (Å²) < 4.78 is 18.6. The van der Waals surface area contributed by atoms with Gasteiger partial charge >= 0.3 is 5.97 Å². The number of amides is 2. The molecule has 7 nitrogen and oxygen atoms in total. The van der Waals surface area contributed by atoms with Crippen LogP contribution in [-0.4, -0.2) is 35.2 Å². The molecule has 3 aromatic carbocycles. The highest BCUT2D eigenvalue weighted by Crippen LogP contribution is 2.56. The molecular formula is C34H24ClFN2O5. The normalized spacial score (nSPS) is 22.2. The summed E-state index contributed by atoms with van der Waals surface area (Å²) in [4.78, 5) is 58.4. The van der Waals surface area contributed by atoms with E-state index in [9.17, 15) is 23.6 Å². The van der Waals surface area contributed by atoms with Crippen LogP contribution in [0.3, 0.4) is 0 Å². The van der Waals surface area contributed by atoms with Gasteiger partial charge in [0, 0.05) is 21.5 Å². The average molecular weight is 595 g/mol. The molecule has 0 radical (unpaired) electrons. The van der Waals surface area contributed by atoms with Gasteiger partial charge in [0.15, 0.2) is 12.4 Å². The van der Waals surface area contributed by atoms with E-state index in [1.54, 1.807) is 48.5 Å². The summed E-state index contributed by atoms with van der Waals surface area (Å²) in [7, 11) is 0. The molecule has 1 saturated carbocycles. The number of carbonyl (C=O) groups excluding carboxylic acids is 4. The molecule has 2 amide bonds. The fourth-order valence-electron chi connectivity index (χ4n) is 6.75. The van der Waals surface area contributed by atoms with E-state index in [0.717, 1.165) is 18.6 Å². The summed E-state index contributed by atoms with van der Waals surface area (Å²) in [6, 6.07) is 18.4. The van der Waals surface area contributed by atoms with Crippen LogP contribution in [0, 0.1) is 29.5 Å². The van der Waals surface area contributed by atoms with Gasteiger partial charge in [-0.15, -0.1) is 0 Å². The highest BCUT2D eigenvalue weighted by molar-refractivity contribution is 6.31. The predicted octanol–water partition coefficient (Wildman–Crippen LogP) is 6.44. The first-order valence-electron chi connectivity index (χ1n) is 13.9. The molecule has 7 rings (SSSR count). The third-order valence-electron chi connectivity index (χ3n) is 8.79. The van der Waals surface area contributed by atoms with Crippen molar-refractivity contribution in [2.75, 3.05) is 11.5 Å². The van der Waals surface area contributed by atoms with Gasteiger partial charge in [-0.2, -0.15) is 0 Å². The van der Waals surface area contributed by atoms with Crippen LogP contribution in [0.15, 0.2) is 84.4 Å². The molecule has 9 heteroatoms. The van der Waals surface area contributed by atoms with Crippen LogP contribution in [-0.2, 0) is 14.3 Å². The summed E-state index contributed by atoms with van der Waals surface area (Å²) in [5.41, 5.74) is 3.66. The molecule has 2 fully saturated rings. The fourth-order valence-corrected chi connectivity index (χ4v) is 6.92. The van der Waals surface area contributed by atoms with Crippen molar-refractivity contribution in [2.24, 2.45) is 23.7 Å². The summed E-state index contributed by atoms with van der Waals surface area (Å²) in [5.74, 6) is -2.34. The molecule has 214 valence electrons. The van der Waals surface area contributed by atoms with E-state index in [-0.39, 0.29) is 46.6 Å². The molecule has 0 spiro atoms. The molecule has 2 bridgehead atoms. The van der Waals surface area contributed by atoms with Crippen LogP contribution in [0.25, 0.3) is 22.2 Å². The zero-order valence-electron chi connectivity index (χ0n) is 22.9. The highest BCUT2D eigenvalue weighted by Gasteiger charge is 2.60. The summed E-state index contributed by atoms with van der Waals surface area (Å²) >= 11 is 6.21. The van der Waals surface area contributed by atoms with Crippen molar-refractivity contribution >= 4 is 51.8 Å². The molecule has 4 atom stereocenters. The lowest BCUT2D eigenvalue weighted by molar-refractivity contribution is -0.123. The molecule has 1 saturated heterocycles. The fraction of sp³-hybridized carbons (Fsp3) is 0.206. The van der Waals surface area contributed by atoms with Gasteiger partial charge in [0.05, 0.1) is 34.3 Å². The van der Waals surface area contributed by atoms with Gasteiger partial charge in [-0.05, 0) is 85.8 Å². The second-order valence-electron chi connectivity index (χ2n) is 11.2. The van der Waals surface area contributed by atoms with E-state index in [1.807, 2.05) is 6.92 Å². The lowest BCUT2D eigenvalue weighted by Gasteiger charge is -2.19. The first-order chi connectivity index (χ1) is 20.7. The number of carbonyl (C=O) groups is 4. The molecule has 43 heavy (non-hydrogen) atoms. The molecule has 1 aromatic heterocycles. The van der Waals surface area contributed by atoms with Crippen molar-refractivity contribution in [2.45, 2.75) is 13.3 Å². The van der Waals surface area contributed by atoms with Crippen LogP contribution in [0.2, 0.25) is 5.02 Å². The van der Waals surface area contributed by atoms with Crippen molar-refractivity contribution in [3.05, 3.63) is 106 Å². The number of Topliss-reactive ketones (excluding diaryl/α,β-unsaturated/α-hetero) is 1. The third kappa shape index (κ3) is 4.53. The van der Waals surface area contributed by atoms with Gasteiger partial charge in [0.2, 0.25) is 11.8 Å². The summed E-state index contributed by atoms with van der Waals surface area (Å²) in [6.45, 7) is 1.50. The topological polar surface area (TPSA) is 93.6 Å². The maximum Gasteiger partial charge on any atom is 0.339 e. The van der Waals surface area contributed by atoms with E-state index >= 15 is 0 Å². The van der Waals surface area contributed by atoms with Crippen molar-refractivity contribution in [3.63, 3.8) is 0 Å². The van der Waals surface area contributed by atoms with Gasteiger partial charge in [-0.25, -0.2) is 14.2 Å². The van der Waals surface area contributed by atoms with E-state index in [0.29, 0.717) is 32.9 Å². The van der Waals surface area contributed by atoms with E-state index < -0.39 is 24.2 Å². The largest absolute Gasteiger partial charge is 0.454 e. The molecular weight excluding hydrogens is 571 g/mol. The lowest BCUT2D eigenvalue weighted by Crippen LogP contribution is -2.32. The Morgan fingerprint density at radius 2 is 1.70 bits per heavy atom. The number of halogens is 2. The Hall–Kier alpha value is -4.69. The monoisotopic (exact) mass is 594 g/mol. The van der Waals surface area contributed by atoms with E-state index in [2.05, 4.69) is 6.08 Å². The Morgan fingerprint density at radius 1 is 0.977 bits per heavy atom. The van der Waals surface area contributed by atoms with E-state index in [4.69, 9.17) is 21.3 Å². The van der Waals surface area contributed by atoms with Crippen LogP contribution >= 0.6 is 11.6 Å². The van der Waals surface area contributed by atoms with Crippen LogP contribution in [0.4, 0.5) is 10.1 Å². The van der Waals surface area contributed by atoms with Crippen molar-refractivity contribution < 1.29 is 28.3 Å². The van der Waals surface area contributed by atoms with E-state index in [1.165, 1.54) is 22.6 Å². The quantitative estimate of drug-likeness (QED) is 0.110. The molecule has 4 aromatic rings. The average Bonchev–Trinajstić information content (AvgIpc) is 3.65. The minimum Gasteiger partial charge on any atom is -0.454 e. The number of pyridine rings is 1. The minimum atomic E-state index is -0.749. The maximum atomic E-state index is 13.4. The number of benzene rings is 3. The van der Waals surface area contributed by atoms with Gasteiger partial charge in [-0.1, -0.05) is 35.4 Å². The predicted molar refractivity (Wildman–Crippen MR) is 158 cm³/mol. The Morgan fingerprint density at radius 3 is 2.44 bits per heavy atom. The first-order valence-corrected chi connectivity index (χ1v) is 14.3. The number of rotatable bonds is 6. The number of aromatic nitrogens is 1. The Labute approximate surface area is 250 Å². The number of imide groups is 1. The number of ketones is 1. The standard InChI is InChI=1S/C34H24ClFN2O5/c1-17-12-20-13-24(17)31-30(20)32(40)38(33(31)41)23-9-4-18(5-10-23)28-15-26(25-14-21(35)6-11-27(25)37-28)34(42)43-16-29(39)19-2-7-22(36)8-3-19/h2-12,14-15,20,24,30-31H,13,16H2,1H3. The number of hydrogen-bond acceptors (Lipinski definition) is 6. The zero-order chi connectivity index (χ0) is 30.0. The summed E-state index contributed by atoms with van der Waals surface area (Å²) in [5, 5.41) is 0.844. The highest BCUT2D eigenvalue weighted by atomic mass is 35.5. The van der Waals surface area contributed by atoms with Gasteiger partial charge in [0.25, 0.3) is 0 Å². The van der Waals surface area contributed by atoms with Crippen LogP contribution in [0.5, 0.6) is 0 Å². The number of anilines is 1. The molecule has 0 N–H and O–H groups in total. The first kappa shape index (κ1) is 27.2. The Kier molecular flexibility index (Phi) is 6.47. The zero-order valence-corrected chi connectivity index (χ0v) is 23.7. The Balaban J connectivity index is 1.16. The van der Waals surface area contributed by atoms with Gasteiger partial charge in [-0.3, -0.25) is 19.3 Å². The number of fused-ring (bicyclic) bond motifs is 6. The number of esters is 1. The van der Waals surface area contributed by atoms with Crippen LogP contribution in [0.1, 0.15) is 34.1 Å². The van der Waals surface area contributed by atoms with Crippen LogP contribution < -0.4 is 4.90 Å². The number of hydrogen-bond donors (Lipinski definition) is 0. The summed E-state index contributed by atoms with van der Waals surface area (Å²) in [6.07, 6.45) is 3.01. The number of ether oxygens (including phenoxy) is 1.